The molecule has 0 saturated carbocycles. The van der Waals surface area contributed by atoms with Crippen LogP contribution in [0.15, 0.2) is 36.4 Å². The van der Waals surface area contributed by atoms with E-state index < -0.39 is 23.6 Å². The number of aryl methyl sites for hydroxylation is 1. The summed E-state index contributed by atoms with van der Waals surface area (Å²) in [5.41, 5.74) is 1.52. The number of hydrogen-bond acceptors (Lipinski definition) is 5. The van der Waals surface area contributed by atoms with E-state index in [0.717, 1.165) is 5.56 Å². The van der Waals surface area contributed by atoms with E-state index >= 15 is 0 Å². The number of nitrogens with one attached hydrogen (secondary N) is 3. The first-order chi connectivity index (χ1) is 14.3. The van der Waals surface area contributed by atoms with E-state index in [1.165, 1.54) is 7.11 Å². The van der Waals surface area contributed by atoms with Gasteiger partial charge in [-0.1, -0.05) is 29.3 Å². The molecular weight excluding hydrogens is 406 g/mol. The van der Waals surface area contributed by atoms with Crippen LogP contribution < -0.4 is 20.7 Å². The highest BCUT2D eigenvalue weighted by atomic mass is 35.5. The summed E-state index contributed by atoms with van der Waals surface area (Å²) >= 11 is 6.09. The number of carbonyl (C=O) groups is 2. The van der Waals surface area contributed by atoms with Crippen LogP contribution in [0.2, 0.25) is 5.02 Å². The van der Waals surface area contributed by atoms with Crippen molar-refractivity contribution in [2.45, 2.75) is 38.0 Å². The minimum atomic E-state index is -1.26. The van der Waals surface area contributed by atoms with Crippen LogP contribution in [0.1, 0.15) is 24.5 Å². The molecular formula is C22H24ClN3O4. The number of aliphatic hydroxyl groups is 1. The minimum absolute atomic E-state index is 0.299. The van der Waals surface area contributed by atoms with Crippen molar-refractivity contribution in [1.82, 2.24) is 5.32 Å². The van der Waals surface area contributed by atoms with Crippen LogP contribution in [-0.2, 0) is 15.1 Å². The van der Waals surface area contributed by atoms with Crippen LogP contribution in [0.25, 0.3) is 0 Å². The van der Waals surface area contributed by atoms with Gasteiger partial charge in [0, 0.05) is 22.3 Å². The van der Waals surface area contributed by atoms with Gasteiger partial charge in [0.2, 0.25) is 11.8 Å². The molecule has 2 heterocycles. The molecule has 4 rings (SSSR count). The van der Waals surface area contributed by atoms with Crippen LogP contribution in [0, 0.1) is 12.8 Å². The average Bonchev–Trinajstić information content (AvgIpc) is 3.23. The quantitative estimate of drug-likeness (QED) is 0.599. The summed E-state index contributed by atoms with van der Waals surface area (Å²) in [4.78, 5) is 26.7. The van der Waals surface area contributed by atoms with Gasteiger partial charge in [0.25, 0.3) is 0 Å². The van der Waals surface area contributed by atoms with Gasteiger partial charge < -0.3 is 20.5 Å². The molecule has 2 aliphatic rings. The Bertz CT molecular complexity index is 1030. The molecule has 2 aromatic carbocycles. The second-order valence-electron chi connectivity index (χ2n) is 7.92. The fourth-order valence-corrected chi connectivity index (χ4v) is 4.60. The lowest BCUT2D eigenvalue weighted by Gasteiger charge is -2.29. The average molecular weight is 430 g/mol. The van der Waals surface area contributed by atoms with Crippen LogP contribution in [0.4, 0.5) is 11.4 Å². The molecule has 1 spiro atoms. The molecule has 30 heavy (non-hydrogen) atoms. The molecule has 158 valence electrons. The van der Waals surface area contributed by atoms with Crippen molar-refractivity contribution in [2.24, 2.45) is 5.92 Å². The lowest BCUT2D eigenvalue weighted by molar-refractivity contribution is -0.130. The number of methoxy groups -OCH3 is 1. The van der Waals surface area contributed by atoms with E-state index in [2.05, 4.69) is 16.0 Å². The van der Waals surface area contributed by atoms with Crippen molar-refractivity contribution < 1.29 is 19.4 Å². The zero-order chi connectivity index (χ0) is 21.6. The fraction of sp³-hybridized carbons (Fsp3) is 0.364. The summed E-state index contributed by atoms with van der Waals surface area (Å²) in [6, 6.07) is 10.2. The molecule has 2 aromatic rings. The van der Waals surface area contributed by atoms with Gasteiger partial charge in [0.05, 0.1) is 24.8 Å². The SMILES string of the molecule is COc1ccc(Cl)cc1NC(=O)C1CC(C(C)O)NC12C(=O)Nc1ccc(C)cc12. The van der Waals surface area contributed by atoms with Crippen LogP contribution >= 0.6 is 11.6 Å². The van der Waals surface area contributed by atoms with Gasteiger partial charge in [0.15, 0.2) is 0 Å². The molecule has 0 bridgehead atoms. The highest BCUT2D eigenvalue weighted by molar-refractivity contribution is 6.31. The molecule has 0 aliphatic carbocycles. The van der Waals surface area contributed by atoms with Gasteiger partial charge in [0.1, 0.15) is 11.3 Å². The molecule has 4 atom stereocenters. The summed E-state index contributed by atoms with van der Waals surface area (Å²) in [6.07, 6.45) is -0.435. The van der Waals surface area contributed by atoms with Gasteiger partial charge in [-0.25, -0.2) is 0 Å². The van der Waals surface area contributed by atoms with Crippen molar-refractivity contribution in [3.8, 4) is 5.75 Å². The number of ether oxygens (including phenoxy) is 1. The highest BCUT2D eigenvalue weighted by Crippen LogP contribution is 2.48. The van der Waals surface area contributed by atoms with E-state index in [4.69, 9.17) is 16.3 Å². The first kappa shape index (κ1) is 20.7. The zero-order valence-electron chi connectivity index (χ0n) is 17.0. The Morgan fingerprint density at radius 1 is 1.33 bits per heavy atom. The van der Waals surface area contributed by atoms with E-state index in [-0.39, 0.29) is 11.8 Å². The maximum absolute atomic E-state index is 13.5. The monoisotopic (exact) mass is 429 g/mol. The van der Waals surface area contributed by atoms with Gasteiger partial charge in [-0.05, 0) is 44.5 Å². The number of amides is 2. The number of rotatable bonds is 4. The molecule has 4 N–H and O–H groups in total. The van der Waals surface area contributed by atoms with E-state index in [0.29, 0.717) is 34.1 Å². The zero-order valence-corrected chi connectivity index (χ0v) is 17.7. The van der Waals surface area contributed by atoms with Crippen LogP contribution in [0.5, 0.6) is 5.75 Å². The summed E-state index contributed by atoms with van der Waals surface area (Å²) in [6.45, 7) is 3.58. The molecule has 0 radical (unpaired) electrons. The normalized spacial score (nSPS) is 25.7. The molecule has 1 saturated heterocycles. The second-order valence-corrected chi connectivity index (χ2v) is 8.36. The van der Waals surface area contributed by atoms with Crippen LogP contribution in [0.3, 0.4) is 0 Å². The first-order valence-corrected chi connectivity index (χ1v) is 10.2. The first-order valence-electron chi connectivity index (χ1n) is 9.79. The lowest BCUT2D eigenvalue weighted by atomic mass is 9.79. The van der Waals surface area contributed by atoms with Gasteiger partial charge in [-0.2, -0.15) is 0 Å². The molecule has 2 amide bonds. The van der Waals surface area contributed by atoms with Gasteiger partial charge >= 0.3 is 0 Å². The number of halogens is 1. The van der Waals surface area contributed by atoms with Crippen molar-refractivity contribution in [2.75, 3.05) is 17.7 Å². The topological polar surface area (TPSA) is 99.7 Å². The van der Waals surface area contributed by atoms with E-state index in [9.17, 15) is 14.7 Å². The molecule has 7 nitrogen and oxygen atoms in total. The maximum Gasteiger partial charge on any atom is 0.250 e. The number of carbonyl (C=O) groups excluding carboxylic acids is 2. The van der Waals surface area contributed by atoms with E-state index in [1.54, 1.807) is 25.1 Å². The predicted octanol–water partition coefficient (Wildman–Crippen LogP) is 2.80. The second kappa shape index (κ2) is 7.58. The summed E-state index contributed by atoms with van der Waals surface area (Å²) in [7, 11) is 1.50. The Morgan fingerprint density at radius 3 is 2.80 bits per heavy atom. The Morgan fingerprint density at radius 2 is 2.10 bits per heavy atom. The summed E-state index contributed by atoms with van der Waals surface area (Å²) in [5, 5.41) is 19.7. The number of aliphatic hydroxyl groups excluding tert-OH is 1. The Hall–Kier alpha value is -2.61. The van der Waals surface area contributed by atoms with Crippen molar-refractivity contribution in [3.63, 3.8) is 0 Å². The largest absolute Gasteiger partial charge is 0.495 e. The van der Waals surface area contributed by atoms with Gasteiger partial charge in [-0.15, -0.1) is 0 Å². The fourth-order valence-electron chi connectivity index (χ4n) is 4.43. The molecule has 8 heteroatoms. The minimum Gasteiger partial charge on any atom is -0.495 e. The summed E-state index contributed by atoms with van der Waals surface area (Å²) in [5.74, 6) is -0.934. The number of hydrogen-bond donors (Lipinski definition) is 4. The number of fused-ring (bicyclic) bond motifs is 2. The smallest absolute Gasteiger partial charge is 0.250 e. The third-order valence-electron chi connectivity index (χ3n) is 5.95. The Balaban J connectivity index is 1.76. The highest BCUT2D eigenvalue weighted by Gasteiger charge is 2.60. The third-order valence-corrected chi connectivity index (χ3v) is 6.18. The predicted molar refractivity (Wildman–Crippen MR) is 115 cm³/mol. The molecule has 2 aliphatic heterocycles. The van der Waals surface area contributed by atoms with E-state index in [1.807, 2.05) is 25.1 Å². The Kier molecular flexibility index (Phi) is 5.22. The number of anilines is 2. The van der Waals surface area contributed by atoms with Crippen molar-refractivity contribution in [3.05, 3.63) is 52.5 Å². The molecule has 1 fully saturated rings. The van der Waals surface area contributed by atoms with Crippen LogP contribution in [-0.4, -0.2) is 36.2 Å². The van der Waals surface area contributed by atoms with Gasteiger partial charge in [-0.3, -0.25) is 14.9 Å². The standard InChI is InChI=1S/C22H24ClN3O4/c1-11-4-6-16-14(8-11)22(21(29)25-16)15(10-17(26-22)12(2)27)20(28)24-18-9-13(23)5-7-19(18)30-3/h4-9,12,15,17,26-27H,10H2,1-3H3,(H,24,28)(H,25,29). The maximum atomic E-state index is 13.5. The van der Waals surface area contributed by atoms with Crippen molar-refractivity contribution >= 4 is 34.8 Å². The summed E-state index contributed by atoms with van der Waals surface area (Å²) < 4.78 is 5.33. The Labute approximate surface area is 179 Å². The number of benzene rings is 2. The molecule has 4 unspecified atom stereocenters. The molecule has 0 aromatic heterocycles. The lowest BCUT2D eigenvalue weighted by Crippen LogP contribution is -2.53. The third kappa shape index (κ3) is 3.23. The van der Waals surface area contributed by atoms with Crippen molar-refractivity contribution in [1.29, 1.82) is 0 Å².